The number of benzene rings is 1. The molecule has 154 valence electrons. The van der Waals surface area contributed by atoms with Gasteiger partial charge in [0.2, 0.25) is 0 Å². The number of methoxy groups -OCH3 is 2. The highest BCUT2D eigenvalue weighted by molar-refractivity contribution is 7.97. The number of allylic oxidation sites excluding steroid dienone is 1. The zero-order valence-corrected chi connectivity index (χ0v) is 17.9. The summed E-state index contributed by atoms with van der Waals surface area (Å²) in [6, 6.07) is 3.16. The summed E-state index contributed by atoms with van der Waals surface area (Å²) < 4.78 is 38.4. The molecule has 0 bridgehead atoms. The van der Waals surface area contributed by atoms with E-state index in [0.717, 1.165) is 12.8 Å². The lowest BCUT2D eigenvalue weighted by Gasteiger charge is -2.32. The second-order valence-electron chi connectivity index (χ2n) is 6.67. The SMILES string of the molecule is C=CCN1c2cc(OC)c(OC)cc2C(C)=C(C(=O)NC(C)CCC)S1(=O)=O. The largest absolute Gasteiger partial charge is 0.493 e. The topological polar surface area (TPSA) is 84.9 Å². The van der Waals surface area contributed by atoms with Gasteiger partial charge in [-0.2, -0.15) is 0 Å². The summed E-state index contributed by atoms with van der Waals surface area (Å²) in [6.07, 6.45) is 3.12. The number of carbonyl (C=O) groups is 1. The van der Waals surface area contributed by atoms with E-state index in [1.54, 1.807) is 19.1 Å². The van der Waals surface area contributed by atoms with Crippen LogP contribution in [0.4, 0.5) is 5.69 Å². The van der Waals surface area contributed by atoms with Crippen molar-refractivity contribution in [3.05, 3.63) is 35.3 Å². The second kappa shape index (κ2) is 8.68. The zero-order chi connectivity index (χ0) is 21.1. The number of fused-ring (bicyclic) bond motifs is 1. The van der Waals surface area contributed by atoms with Crippen LogP contribution in [0.25, 0.3) is 5.57 Å². The predicted octanol–water partition coefficient (Wildman–Crippen LogP) is 3.08. The number of rotatable bonds is 8. The van der Waals surface area contributed by atoms with Crippen molar-refractivity contribution >= 4 is 27.2 Å². The van der Waals surface area contributed by atoms with E-state index in [2.05, 4.69) is 11.9 Å². The van der Waals surface area contributed by atoms with Crippen LogP contribution in [0.2, 0.25) is 0 Å². The van der Waals surface area contributed by atoms with Crippen LogP contribution in [0.15, 0.2) is 29.7 Å². The average molecular weight is 409 g/mol. The molecule has 1 amide bonds. The molecule has 1 heterocycles. The van der Waals surface area contributed by atoms with Crippen molar-refractivity contribution in [1.82, 2.24) is 5.32 Å². The van der Waals surface area contributed by atoms with Gasteiger partial charge in [-0.3, -0.25) is 9.10 Å². The lowest BCUT2D eigenvalue weighted by atomic mass is 10.0. The van der Waals surface area contributed by atoms with Gasteiger partial charge in [-0.1, -0.05) is 19.4 Å². The van der Waals surface area contributed by atoms with E-state index in [4.69, 9.17) is 9.47 Å². The predicted molar refractivity (Wildman–Crippen MR) is 111 cm³/mol. The fourth-order valence-corrected chi connectivity index (χ4v) is 5.05. The number of nitrogens with zero attached hydrogens (tertiary/aromatic N) is 1. The summed E-state index contributed by atoms with van der Waals surface area (Å²) in [5.74, 6) is 0.258. The van der Waals surface area contributed by atoms with Crippen molar-refractivity contribution in [2.45, 2.75) is 39.7 Å². The molecule has 2 rings (SSSR count). The van der Waals surface area contributed by atoms with Gasteiger partial charge in [-0.25, -0.2) is 8.42 Å². The number of sulfonamides is 1. The van der Waals surface area contributed by atoms with E-state index in [-0.39, 0.29) is 17.5 Å². The highest BCUT2D eigenvalue weighted by Gasteiger charge is 2.40. The van der Waals surface area contributed by atoms with Gasteiger partial charge in [0.05, 0.1) is 26.5 Å². The molecule has 28 heavy (non-hydrogen) atoms. The smallest absolute Gasteiger partial charge is 0.270 e. The Kier molecular flexibility index (Phi) is 6.77. The van der Waals surface area contributed by atoms with Crippen molar-refractivity contribution in [2.24, 2.45) is 0 Å². The van der Waals surface area contributed by atoms with Crippen LogP contribution in [-0.2, 0) is 14.8 Å². The maximum absolute atomic E-state index is 13.3. The Morgan fingerprint density at radius 2 is 1.89 bits per heavy atom. The minimum Gasteiger partial charge on any atom is -0.493 e. The van der Waals surface area contributed by atoms with Crippen molar-refractivity contribution in [3.63, 3.8) is 0 Å². The Morgan fingerprint density at radius 3 is 2.43 bits per heavy atom. The fraction of sp³-hybridized carbons (Fsp3) is 0.450. The van der Waals surface area contributed by atoms with Crippen LogP contribution in [0.3, 0.4) is 0 Å². The normalized spacial score (nSPS) is 16.2. The van der Waals surface area contributed by atoms with Gasteiger partial charge in [0.1, 0.15) is 0 Å². The van der Waals surface area contributed by atoms with Gasteiger partial charge in [0.25, 0.3) is 15.9 Å². The highest BCUT2D eigenvalue weighted by atomic mass is 32.2. The number of amides is 1. The minimum atomic E-state index is -4.06. The molecule has 0 spiro atoms. The van der Waals surface area contributed by atoms with Crippen LogP contribution < -0.4 is 19.1 Å². The molecule has 1 aliphatic heterocycles. The molecule has 0 aliphatic carbocycles. The number of anilines is 1. The van der Waals surface area contributed by atoms with Crippen LogP contribution in [0.1, 0.15) is 39.2 Å². The lowest BCUT2D eigenvalue weighted by Crippen LogP contribution is -2.43. The molecule has 1 aliphatic rings. The van der Waals surface area contributed by atoms with Gasteiger partial charge < -0.3 is 14.8 Å². The Balaban J connectivity index is 2.71. The first kappa shape index (κ1) is 21.8. The third kappa shape index (κ3) is 3.87. The van der Waals surface area contributed by atoms with E-state index in [1.165, 1.54) is 24.6 Å². The quantitative estimate of drug-likeness (QED) is 0.668. The number of ether oxygens (including phenoxy) is 2. The first-order valence-corrected chi connectivity index (χ1v) is 10.6. The average Bonchev–Trinajstić information content (AvgIpc) is 2.63. The summed E-state index contributed by atoms with van der Waals surface area (Å²) in [5.41, 5.74) is 1.40. The van der Waals surface area contributed by atoms with Gasteiger partial charge in [-0.05, 0) is 31.9 Å². The highest BCUT2D eigenvalue weighted by Crippen LogP contribution is 2.44. The Labute approximate surface area is 167 Å². The summed E-state index contributed by atoms with van der Waals surface area (Å²) in [4.78, 5) is 12.6. The van der Waals surface area contributed by atoms with Crippen molar-refractivity contribution in [2.75, 3.05) is 25.1 Å². The second-order valence-corrected chi connectivity index (χ2v) is 8.47. The maximum atomic E-state index is 13.3. The molecule has 0 radical (unpaired) electrons. The molecule has 0 fully saturated rings. The lowest BCUT2D eigenvalue weighted by molar-refractivity contribution is -0.117. The third-order valence-electron chi connectivity index (χ3n) is 4.66. The molecule has 1 aromatic rings. The van der Waals surface area contributed by atoms with E-state index in [1.807, 2.05) is 13.8 Å². The number of hydrogen-bond donors (Lipinski definition) is 1. The molecule has 7 nitrogen and oxygen atoms in total. The van der Waals surface area contributed by atoms with Gasteiger partial charge in [0.15, 0.2) is 16.4 Å². The first-order valence-electron chi connectivity index (χ1n) is 9.14. The first-order chi connectivity index (χ1) is 13.2. The van der Waals surface area contributed by atoms with Crippen molar-refractivity contribution in [3.8, 4) is 11.5 Å². The van der Waals surface area contributed by atoms with E-state index < -0.39 is 15.9 Å². The zero-order valence-electron chi connectivity index (χ0n) is 17.0. The van der Waals surface area contributed by atoms with Crippen LogP contribution in [0.5, 0.6) is 11.5 Å². The fourth-order valence-electron chi connectivity index (χ4n) is 3.33. The number of carbonyl (C=O) groups excluding carboxylic acids is 1. The van der Waals surface area contributed by atoms with Crippen LogP contribution in [0, 0.1) is 0 Å². The maximum Gasteiger partial charge on any atom is 0.270 e. The molecule has 1 aromatic carbocycles. The molecule has 0 saturated heterocycles. The summed E-state index contributed by atoms with van der Waals surface area (Å²) >= 11 is 0. The molecular weight excluding hydrogens is 380 g/mol. The number of hydrogen-bond acceptors (Lipinski definition) is 5. The molecule has 0 saturated carbocycles. The van der Waals surface area contributed by atoms with Crippen LogP contribution >= 0.6 is 0 Å². The van der Waals surface area contributed by atoms with Crippen LogP contribution in [-0.4, -0.2) is 41.1 Å². The van der Waals surface area contributed by atoms with Gasteiger partial charge in [0, 0.05) is 17.7 Å². The Bertz CT molecular complexity index is 905. The van der Waals surface area contributed by atoms with Gasteiger partial charge >= 0.3 is 0 Å². The van der Waals surface area contributed by atoms with E-state index >= 15 is 0 Å². The summed E-state index contributed by atoms with van der Waals surface area (Å²) in [7, 11) is -1.07. The van der Waals surface area contributed by atoms with Crippen molar-refractivity contribution < 1.29 is 22.7 Å². The Morgan fingerprint density at radius 1 is 1.29 bits per heavy atom. The standard InChI is InChI=1S/C20H28N2O5S/c1-7-9-13(3)21-20(23)19-14(4)15-11-17(26-5)18(27-6)12-16(15)22(10-8-2)28(19,24)25/h8,11-13H,2,7,9-10H2,1,3-6H3,(H,21,23). The molecule has 8 heteroatoms. The molecule has 1 unspecified atom stereocenters. The molecule has 0 aromatic heterocycles. The summed E-state index contributed by atoms with van der Waals surface area (Å²) in [6.45, 7) is 9.18. The monoisotopic (exact) mass is 408 g/mol. The minimum absolute atomic E-state index is 0.0272. The van der Waals surface area contributed by atoms with Gasteiger partial charge in [-0.15, -0.1) is 6.58 Å². The van der Waals surface area contributed by atoms with E-state index in [9.17, 15) is 13.2 Å². The third-order valence-corrected chi connectivity index (χ3v) is 6.60. The molecule has 1 N–H and O–H groups in total. The molecule has 1 atom stereocenters. The van der Waals surface area contributed by atoms with E-state index in [0.29, 0.717) is 28.3 Å². The van der Waals surface area contributed by atoms with Crippen molar-refractivity contribution in [1.29, 1.82) is 0 Å². The Hall–Kier alpha value is -2.48. The summed E-state index contributed by atoms with van der Waals surface area (Å²) in [5, 5.41) is 2.80. The number of nitrogens with one attached hydrogen (secondary N) is 1. The molecular formula is C20H28N2O5S.